The van der Waals surface area contributed by atoms with Crippen molar-refractivity contribution in [2.45, 2.75) is 84.2 Å². The summed E-state index contributed by atoms with van der Waals surface area (Å²) in [5, 5.41) is 21.0. The van der Waals surface area contributed by atoms with Crippen molar-refractivity contribution in [1.29, 1.82) is 0 Å². The predicted octanol–water partition coefficient (Wildman–Crippen LogP) is 3.89. The second kappa shape index (κ2) is 7.46. The quantitative estimate of drug-likeness (QED) is 0.658. The molecule has 2 atom stereocenters. The van der Waals surface area contributed by atoms with E-state index in [1.165, 1.54) is 0 Å². The molecule has 0 aliphatic carbocycles. The lowest BCUT2D eigenvalue weighted by atomic mass is 9.86. The fourth-order valence-corrected chi connectivity index (χ4v) is 3.61. The molecule has 0 aromatic carbocycles. The number of hydrogen-bond acceptors (Lipinski definition) is 2. The molecule has 0 spiro atoms. The van der Waals surface area contributed by atoms with Gasteiger partial charge < -0.3 is 10.2 Å². The zero-order valence-electron chi connectivity index (χ0n) is 13.1. The van der Waals surface area contributed by atoms with Gasteiger partial charge in [-0.1, -0.05) is 58.5 Å². The highest BCUT2D eigenvalue weighted by Gasteiger charge is 2.31. The molecule has 0 rings (SSSR count). The van der Waals surface area contributed by atoms with Gasteiger partial charge >= 0.3 is 0 Å². The van der Waals surface area contributed by atoms with Gasteiger partial charge in [0.05, 0.1) is 19.8 Å². The lowest BCUT2D eigenvalue weighted by molar-refractivity contribution is 0.0529. The van der Waals surface area contributed by atoms with Crippen LogP contribution >= 0.6 is 0 Å². The summed E-state index contributed by atoms with van der Waals surface area (Å²) < 4.78 is 0. The van der Waals surface area contributed by atoms with E-state index >= 15 is 0 Å². The van der Waals surface area contributed by atoms with Gasteiger partial charge in [0.25, 0.3) is 0 Å². The molecule has 2 N–H and O–H groups in total. The van der Waals surface area contributed by atoms with E-state index in [2.05, 4.69) is 39.2 Å². The third-order valence-electron chi connectivity index (χ3n) is 3.15. The summed E-state index contributed by atoms with van der Waals surface area (Å²) in [6.07, 6.45) is 3.98. The molecule has 0 aromatic rings. The van der Waals surface area contributed by atoms with Gasteiger partial charge in [0.15, 0.2) is 0 Å². The first-order chi connectivity index (χ1) is 8.14. The first-order valence-electron chi connectivity index (χ1n) is 7.27. The van der Waals surface area contributed by atoms with Gasteiger partial charge in [-0.15, -0.1) is 0 Å². The number of aliphatic hydroxyl groups excluding tert-OH is 1. The van der Waals surface area contributed by atoms with Crippen LogP contribution in [-0.4, -0.2) is 30.0 Å². The van der Waals surface area contributed by atoms with Gasteiger partial charge in [0.1, 0.15) is 0 Å². The Balaban J connectivity index is 5.14. The average Bonchev–Trinajstić information content (AvgIpc) is 2.22. The second-order valence-corrected chi connectivity index (χ2v) is 11.7. The molecular formula is C15H32O2Si. The monoisotopic (exact) mass is 272 g/mol. The van der Waals surface area contributed by atoms with Crippen LogP contribution in [0.25, 0.3) is 0 Å². The Morgan fingerprint density at radius 2 is 1.78 bits per heavy atom. The van der Waals surface area contributed by atoms with Crippen LogP contribution in [0, 0.1) is 0 Å². The van der Waals surface area contributed by atoms with Gasteiger partial charge in [-0.25, -0.2) is 0 Å². The number of hydrogen-bond donors (Lipinski definition) is 2. The summed E-state index contributed by atoms with van der Waals surface area (Å²) in [7, 11) is -1.44. The summed E-state index contributed by atoms with van der Waals surface area (Å²) in [6, 6.07) is 0. The fraction of sp³-hybridized carbons (Fsp3) is 0.867. The molecule has 0 saturated carbocycles. The van der Waals surface area contributed by atoms with Crippen LogP contribution in [0.3, 0.4) is 0 Å². The van der Waals surface area contributed by atoms with Gasteiger partial charge in [0, 0.05) is 0 Å². The van der Waals surface area contributed by atoms with E-state index in [0.717, 1.165) is 37.7 Å². The first kappa shape index (κ1) is 17.9. The number of aliphatic hydroxyl groups is 2. The summed E-state index contributed by atoms with van der Waals surface area (Å²) in [5.41, 5.74) is 2.19. The van der Waals surface area contributed by atoms with Crippen molar-refractivity contribution < 1.29 is 10.2 Å². The van der Waals surface area contributed by atoms with Crippen molar-refractivity contribution in [2.24, 2.45) is 0 Å². The van der Waals surface area contributed by atoms with Crippen molar-refractivity contribution in [1.82, 2.24) is 0 Å². The molecule has 108 valence electrons. The summed E-state index contributed by atoms with van der Waals surface area (Å²) in [5.74, 6) is 0. The largest absolute Gasteiger partial charge is 0.389 e. The van der Waals surface area contributed by atoms with Gasteiger partial charge in [-0.05, 0) is 25.3 Å². The van der Waals surface area contributed by atoms with E-state index in [9.17, 15) is 10.2 Å². The Kier molecular flexibility index (Phi) is 7.41. The van der Waals surface area contributed by atoms with Crippen molar-refractivity contribution in [3.63, 3.8) is 0 Å². The maximum atomic E-state index is 10.7. The third kappa shape index (κ3) is 6.71. The summed E-state index contributed by atoms with van der Waals surface area (Å²) in [6.45, 7) is 12.8. The maximum Gasteiger partial charge on any atom is 0.0849 e. The molecule has 2 nitrogen and oxygen atoms in total. The lowest BCUT2D eigenvalue weighted by Crippen LogP contribution is -2.36. The van der Waals surface area contributed by atoms with Crippen LogP contribution in [0.15, 0.2) is 11.3 Å². The molecule has 0 amide bonds. The van der Waals surface area contributed by atoms with E-state index in [0.29, 0.717) is 0 Å². The standard InChI is InChI=1S/C15H32O2Si/c1-7-9-11-15(3,17)13(12-18(4,5)6)14(16)10-8-2/h12,14,16-17H,7-11H2,1-6H3/b13-12+/t14-,15+/m1/s1. The third-order valence-corrected chi connectivity index (χ3v) is 4.33. The van der Waals surface area contributed by atoms with Crippen LogP contribution < -0.4 is 0 Å². The normalized spacial score (nSPS) is 18.6. The number of unbranched alkanes of at least 4 members (excludes halogenated alkanes) is 1. The molecule has 0 fully saturated rings. The van der Waals surface area contributed by atoms with Crippen LogP contribution in [0.2, 0.25) is 19.6 Å². The van der Waals surface area contributed by atoms with E-state index in [-0.39, 0.29) is 0 Å². The Morgan fingerprint density at radius 3 is 2.17 bits per heavy atom. The Hall–Kier alpha value is -0.123. The van der Waals surface area contributed by atoms with Crippen molar-refractivity contribution in [3.8, 4) is 0 Å². The average molecular weight is 273 g/mol. The maximum absolute atomic E-state index is 10.7. The Morgan fingerprint density at radius 1 is 1.22 bits per heavy atom. The minimum absolute atomic E-state index is 0.492. The van der Waals surface area contributed by atoms with Crippen molar-refractivity contribution in [2.75, 3.05) is 0 Å². The van der Waals surface area contributed by atoms with Crippen LogP contribution in [-0.2, 0) is 0 Å². The summed E-state index contributed by atoms with van der Waals surface area (Å²) in [4.78, 5) is 0. The Bertz CT molecular complexity index is 264. The fourth-order valence-electron chi connectivity index (χ4n) is 2.17. The first-order valence-corrected chi connectivity index (χ1v) is 10.9. The van der Waals surface area contributed by atoms with Gasteiger partial charge in [-0.3, -0.25) is 0 Å². The van der Waals surface area contributed by atoms with Crippen LogP contribution in [0.4, 0.5) is 0 Å². The van der Waals surface area contributed by atoms with E-state index < -0.39 is 19.8 Å². The van der Waals surface area contributed by atoms with Crippen LogP contribution in [0.1, 0.15) is 52.9 Å². The molecule has 18 heavy (non-hydrogen) atoms. The SMILES string of the molecule is CCCC[C@](C)(O)/C(=C/[Si](C)(C)C)[C@H](O)CCC. The zero-order valence-corrected chi connectivity index (χ0v) is 14.1. The molecule has 0 aromatic heterocycles. The molecule has 3 heteroatoms. The minimum atomic E-state index is -1.44. The van der Waals surface area contributed by atoms with E-state index in [4.69, 9.17) is 0 Å². The molecular weight excluding hydrogens is 240 g/mol. The van der Waals surface area contributed by atoms with Gasteiger partial charge in [0.2, 0.25) is 0 Å². The topological polar surface area (TPSA) is 40.5 Å². The molecule has 0 radical (unpaired) electrons. The van der Waals surface area contributed by atoms with E-state index in [1.54, 1.807) is 0 Å². The van der Waals surface area contributed by atoms with Crippen LogP contribution in [0.5, 0.6) is 0 Å². The molecule has 0 bridgehead atoms. The lowest BCUT2D eigenvalue weighted by Gasteiger charge is -2.32. The Labute approximate surface area is 114 Å². The molecule has 0 aliphatic rings. The zero-order chi connectivity index (χ0) is 14.4. The number of rotatable bonds is 8. The molecule has 0 aliphatic heterocycles. The molecule has 0 saturated heterocycles. The minimum Gasteiger partial charge on any atom is -0.389 e. The molecule has 0 heterocycles. The van der Waals surface area contributed by atoms with Crippen molar-refractivity contribution in [3.05, 3.63) is 11.3 Å². The highest BCUT2D eigenvalue weighted by atomic mass is 28.3. The smallest absolute Gasteiger partial charge is 0.0849 e. The summed E-state index contributed by atoms with van der Waals surface area (Å²) >= 11 is 0. The molecule has 0 unspecified atom stereocenters. The predicted molar refractivity (Wildman–Crippen MR) is 82.5 cm³/mol. The van der Waals surface area contributed by atoms with Crippen molar-refractivity contribution >= 4 is 8.07 Å². The van der Waals surface area contributed by atoms with E-state index in [1.807, 2.05) is 6.92 Å². The second-order valence-electron chi connectivity index (χ2n) is 6.65. The van der Waals surface area contributed by atoms with Gasteiger partial charge in [-0.2, -0.15) is 0 Å². The highest BCUT2D eigenvalue weighted by Crippen LogP contribution is 2.29. The highest BCUT2D eigenvalue weighted by molar-refractivity contribution is 6.81.